The van der Waals surface area contributed by atoms with E-state index >= 15 is 0 Å². The van der Waals surface area contributed by atoms with Gasteiger partial charge in [0.1, 0.15) is 11.9 Å². The third-order valence-electron chi connectivity index (χ3n) is 4.25. The summed E-state index contributed by atoms with van der Waals surface area (Å²) in [5, 5.41) is 2.85. The molecule has 0 saturated carbocycles. The molecule has 0 unspecified atom stereocenters. The standard InChI is InChI=1S/C17H23F2NO3/c1-9(2)12-5-6-22-15(12)16(21)20-13-7-11(4)14(8-10(13)3)23-17(18)19/h7-9,12,15,17H,5-6H2,1-4H3,(H,20,21)/t12-,15-/m1/s1. The SMILES string of the molecule is Cc1cc(OC(F)F)c(C)cc1NC(=O)[C@@H]1OCC[C@@H]1C(C)C. The van der Waals surface area contributed by atoms with E-state index in [9.17, 15) is 13.6 Å². The normalized spacial score (nSPS) is 21.0. The Balaban J connectivity index is 2.13. The van der Waals surface area contributed by atoms with E-state index in [0.717, 1.165) is 6.42 Å². The van der Waals surface area contributed by atoms with Gasteiger partial charge in [-0.2, -0.15) is 8.78 Å². The number of rotatable bonds is 5. The Labute approximate surface area is 135 Å². The number of ether oxygens (including phenoxy) is 2. The molecule has 0 aromatic heterocycles. The Morgan fingerprint density at radius 3 is 2.61 bits per heavy atom. The lowest BCUT2D eigenvalue weighted by atomic mass is 9.89. The van der Waals surface area contributed by atoms with Crippen LogP contribution in [0.25, 0.3) is 0 Å². The van der Waals surface area contributed by atoms with Crippen molar-refractivity contribution in [1.29, 1.82) is 0 Å². The monoisotopic (exact) mass is 327 g/mol. The van der Waals surface area contributed by atoms with Crippen LogP contribution in [0.2, 0.25) is 0 Å². The predicted molar refractivity (Wildman–Crippen MR) is 83.9 cm³/mol. The van der Waals surface area contributed by atoms with Crippen molar-refractivity contribution >= 4 is 11.6 Å². The van der Waals surface area contributed by atoms with Gasteiger partial charge in [0, 0.05) is 12.3 Å². The highest BCUT2D eigenvalue weighted by Gasteiger charge is 2.36. The van der Waals surface area contributed by atoms with E-state index < -0.39 is 12.7 Å². The molecule has 23 heavy (non-hydrogen) atoms. The van der Waals surface area contributed by atoms with Crippen LogP contribution in [0, 0.1) is 25.7 Å². The first-order valence-electron chi connectivity index (χ1n) is 7.78. The molecule has 6 heteroatoms. The molecule has 0 spiro atoms. The second kappa shape index (κ2) is 7.25. The van der Waals surface area contributed by atoms with E-state index in [1.807, 2.05) is 0 Å². The van der Waals surface area contributed by atoms with Gasteiger partial charge in [0.15, 0.2) is 0 Å². The summed E-state index contributed by atoms with van der Waals surface area (Å²) >= 11 is 0. The maximum absolute atomic E-state index is 12.5. The molecule has 128 valence electrons. The number of alkyl halides is 2. The van der Waals surface area contributed by atoms with Gasteiger partial charge in [0.2, 0.25) is 0 Å². The minimum Gasteiger partial charge on any atom is -0.435 e. The van der Waals surface area contributed by atoms with Gasteiger partial charge in [-0.1, -0.05) is 13.8 Å². The number of hydrogen-bond acceptors (Lipinski definition) is 3. The first kappa shape index (κ1) is 17.7. The van der Waals surface area contributed by atoms with Gasteiger partial charge in [0.05, 0.1) is 0 Å². The maximum Gasteiger partial charge on any atom is 0.387 e. The van der Waals surface area contributed by atoms with Crippen LogP contribution >= 0.6 is 0 Å². The molecule has 1 aromatic rings. The average Bonchev–Trinajstić information content (AvgIpc) is 2.93. The Hall–Kier alpha value is -1.69. The highest BCUT2D eigenvalue weighted by atomic mass is 19.3. The molecule has 2 rings (SSSR count). The summed E-state index contributed by atoms with van der Waals surface area (Å²) in [5.74, 6) is 0.481. The van der Waals surface area contributed by atoms with Gasteiger partial charge < -0.3 is 14.8 Å². The second-order valence-electron chi connectivity index (χ2n) is 6.29. The molecule has 1 aromatic carbocycles. The zero-order valence-electron chi connectivity index (χ0n) is 13.9. The van der Waals surface area contributed by atoms with E-state index in [0.29, 0.717) is 29.3 Å². The summed E-state index contributed by atoms with van der Waals surface area (Å²) in [6, 6.07) is 3.15. The van der Waals surface area contributed by atoms with Gasteiger partial charge in [-0.05, 0) is 55.4 Å². The zero-order chi connectivity index (χ0) is 17.1. The van der Waals surface area contributed by atoms with Crippen molar-refractivity contribution in [2.75, 3.05) is 11.9 Å². The van der Waals surface area contributed by atoms with Gasteiger partial charge in [0.25, 0.3) is 5.91 Å². The fourth-order valence-electron chi connectivity index (χ4n) is 2.91. The Kier molecular flexibility index (Phi) is 5.57. The Morgan fingerprint density at radius 2 is 2.00 bits per heavy atom. The Bertz CT molecular complexity index is 575. The lowest BCUT2D eigenvalue weighted by Gasteiger charge is -2.22. The van der Waals surface area contributed by atoms with Gasteiger partial charge in [-0.25, -0.2) is 0 Å². The maximum atomic E-state index is 12.5. The van der Waals surface area contributed by atoms with Crippen LogP contribution in [-0.2, 0) is 9.53 Å². The minimum absolute atomic E-state index is 0.118. The number of halogens is 2. The van der Waals surface area contributed by atoms with Gasteiger partial charge in [-0.3, -0.25) is 4.79 Å². The van der Waals surface area contributed by atoms with Crippen molar-refractivity contribution in [2.24, 2.45) is 11.8 Å². The summed E-state index contributed by atoms with van der Waals surface area (Å²) in [6.45, 7) is 5.27. The van der Waals surface area contributed by atoms with E-state index in [4.69, 9.17) is 4.74 Å². The molecule has 2 atom stereocenters. The van der Waals surface area contributed by atoms with E-state index in [2.05, 4.69) is 23.9 Å². The summed E-state index contributed by atoms with van der Waals surface area (Å²) in [6.07, 6.45) is 0.404. The van der Waals surface area contributed by atoms with E-state index in [1.165, 1.54) is 6.07 Å². The lowest BCUT2D eigenvalue weighted by molar-refractivity contribution is -0.127. The fraction of sp³-hybridized carbons (Fsp3) is 0.588. The molecule has 1 aliphatic rings. The molecule has 1 heterocycles. The van der Waals surface area contributed by atoms with Crippen LogP contribution < -0.4 is 10.1 Å². The fourth-order valence-corrected chi connectivity index (χ4v) is 2.91. The van der Waals surface area contributed by atoms with Crippen LogP contribution in [0.3, 0.4) is 0 Å². The number of carbonyl (C=O) groups is 1. The molecule has 1 fully saturated rings. The molecule has 0 bridgehead atoms. The van der Waals surface area contributed by atoms with Crippen LogP contribution in [0.4, 0.5) is 14.5 Å². The van der Waals surface area contributed by atoms with Crippen molar-refractivity contribution in [1.82, 2.24) is 0 Å². The summed E-state index contributed by atoms with van der Waals surface area (Å²) < 4.78 is 34.7. The van der Waals surface area contributed by atoms with Crippen molar-refractivity contribution in [3.8, 4) is 5.75 Å². The number of nitrogens with one attached hydrogen (secondary N) is 1. The molecule has 0 aliphatic carbocycles. The van der Waals surface area contributed by atoms with Crippen molar-refractivity contribution < 1.29 is 23.0 Å². The molecule has 1 amide bonds. The minimum atomic E-state index is -2.87. The lowest BCUT2D eigenvalue weighted by Crippen LogP contribution is -2.34. The quantitative estimate of drug-likeness (QED) is 0.892. The highest BCUT2D eigenvalue weighted by molar-refractivity contribution is 5.95. The van der Waals surface area contributed by atoms with E-state index in [-0.39, 0.29) is 17.6 Å². The average molecular weight is 327 g/mol. The molecule has 1 aliphatic heterocycles. The molecule has 4 nitrogen and oxygen atoms in total. The summed E-state index contributed by atoms with van der Waals surface area (Å²) in [7, 11) is 0. The number of benzene rings is 1. The molecule has 0 radical (unpaired) electrons. The van der Waals surface area contributed by atoms with Crippen LogP contribution in [-0.4, -0.2) is 25.2 Å². The summed E-state index contributed by atoms with van der Waals surface area (Å²) in [4.78, 5) is 12.5. The molecule has 1 N–H and O–H groups in total. The number of amides is 1. The Morgan fingerprint density at radius 1 is 1.30 bits per heavy atom. The van der Waals surface area contributed by atoms with E-state index in [1.54, 1.807) is 19.9 Å². The molecular weight excluding hydrogens is 304 g/mol. The van der Waals surface area contributed by atoms with Crippen LogP contribution in [0.15, 0.2) is 12.1 Å². The first-order valence-corrected chi connectivity index (χ1v) is 7.78. The van der Waals surface area contributed by atoms with Crippen LogP contribution in [0.1, 0.15) is 31.4 Å². The van der Waals surface area contributed by atoms with Gasteiger partial charge in [-0.15, -0.1) is 0 Å². The number of anilines is 1. The number of hydrogen-bond donors (Lipinski definition) is 1. The largest absolute Gasteiger partial charge is 0.435 e. The zero-order valence-corrected chi connectivity index (χ0v) is 13.9. The molecular formula is C17H23F2NO3. The number of aryl methyl sites for hydroxylation is 2. The smallest absolute Gasteiger partial charge is 0.387 e. The topological polar surface area (TPSA) is 47.6 Å². The third kappa shape index (κ3) is 4.19. The first-order chi connectivity index (χ1) is 10.8. The third-order valence-corrected chi connectivity index (χ3v) is 4.25. The predicted octanol–water partition coefficient (Wildman–Crippen LogP) is 3.90. The highest BCUT2D eigenvalue weighted by Crippen LogP contribution is 2.31. The van der Waals surface area contributed by atoms with Crippen molar-refractivity contribution in [2.45, 2.75) is 46.8 Å². The van der Waals surface area contributed by atoms with Crippen LogP contribution in [0.5, 0.6) is 5.75 Å². The molecule has 1 saturated heterocycles. The number of carbonyl (C=O) groups excluding carboxylic acids is 1. The van der Waals surface area contributed by atoms with Gasteiger partial charge >= 0.3 is 6.61 Å². The van der Waals surface area contributed by atoms with Crippen molar-refractivity contribution in [3.05, 3.63) is 23.3 Å². The summed E-state index contributed by atoms with van der Waals surface area (Å²) in [5.41, 5.74) is 1.80. The second-order valence-corrected chi connectivity index (χ2v) is 6.29. The van der Waals surface area contributed by atoms with Crippen molar-refractivity contribution in [3.63, 3.8) is 0 Å².